The maximum Gasteiger partial charge on any atom is 0.198 e. The van der Waals surface area contributed by atoms with Gasteiger partial charge in [-0.1, -0.05) is 20.3 Å². The standard InChI is InChI=1S/C7H14N2O/c1-4-6(2)7-8-5-10-9(7)3/h5-7H,4H2,1-3H3. The molecule has 0 saturated heterocycles. The van der Waals surface area contributed by atoms with Crippen molar-refractivity contribution in [1.82, 2.24) is 5.06 Å². The van der Waals surface area contributed by atoms with Gasteiger partial charge in [0.2, 0.25) is 0 Å². The van der Waals surface area contributed by atoms with Gasteiger partial charge in [-0.05, 0) is 5.92 Å². The SMILES string of the molecule is CCC(C)C1N=CON1C. The zero-order valence-corrected chi connectivity index (χ0v) is 6.74. The summed E-state index contributed by atoms with van der Waals surface area (Å²) in [7, 11) is 1.91. The topological polar surface area (TPSA) is 24.8 Å². The van der Waals surface area contributed by atoms with Gasteiger partial charge in [-0.3, -0.25) is 0 Å². The van der Waals surface area contributed by atoms with Gasteiger partial charge in [0, 0.05) is 7.05 Å². The summed E-state index contributed by atoms with van der Waals surface area (Å²) >= 11 is 0. The Kier molecular flexibility index (Phi) is 2.27. The Hall–Kier alpha value is -0.570. The van der Waals surface area contributed by atoms with E-state index in [1.807, 2.05) is 7.05 Å². The first-order valence-corrected chi connectivity index (χ1v) is 3.67. The smallest absolute Gasteiger partial charge is 0.198 e. The molecular formula is C7H14N2O. The molecule has 1 heterocycles. The quantitative estimate of drug-likeness (QED) is 0.580. The molecule has 1 aliphatic rings. The van der Waals surface area contributed by atoms with Crippen molar-refractivity contribution in [3.8, 4) is 0 Å². The molecule has 58 valence electrons. The molecule has 0 spiro atoms. The lowest BCUT2D eigenvalue weighted by atomic mass is 10.1. The number of hydrogen-bond donors (Lipinski definition) is 0. The van der Waals surface area contributed by atoms with Gasteiger partial charge in [0.05, 0.1) is 0 Å². The molecule has 0 aromatic heterocycles. The molecule has 0 aromatic rings. The van der Waals surface area contributed by atoms with Gasteiger partial charge in [-0.2, -0.15) is 0 Å². The Balaban J connectivity index is 2.46. The summed E-state index contributed by atoms with van der Waals surface area (Å²) in [5, 5.41) is 1.79. The molecule has 0 aliphatic carbocycles. The fourth-order valence-corrected chi connectivity index (χ4v) is 1.04. The molecule has 0 fully saturated rings. The predicted molar refractivity (Wildman–Crippen MR) is 40.6 cm³/mol. The fourth-order valence-electron chi connectivity index (χ4n) is 1.04. The van der Waals surface area contributed by atoms with Crippen LogP contribution in [0, 0.1) is 5.92 Å². The highest BCUT2D eigenvalue weighted by Crippen LogP contribution is 2.17. The average Bonchev–Trinajstić information content (AvgIpc) is 2.34. The van der Waals surface area contributed by atoms with Crippen LogP contribution in [0.5, 0.6) is 0 Å². The minimum atomic E-state index is 0.227. The van der Waals surface area contributed by atoms with Crippen LogP contribution >= 0.6 is 0 Å². The van der Waals surface area contributed by atoms with Gasteiger partial charge in [0.1, 0.15) is 6.17 Å². The summed E-state index contributed by atoms with van der Waals surface area (Å²) in [5.41, 5.74) is 0. The van der Waals surface area contributed by atoms with Crippen molar-refractivity contribution < 1.29 is 4.84 Å². The van der Waals surface area contributed by atoms with Crippen molar-refractivity contribution in [2.24, 2.45) is 10.9 Å². The molecule has 0 amide bonds. The second kappa shape index (κ2) is 3.01. The summed E-state index contributed by atoms with van der Waals surface area (Å²) in [5.74, 6) is 0.573. The summed E-state index contributed by atoms with van der Waals surface area (Å²) in [4.78, 5) is 9.20. The van der Waals surface area contributed by atoms with E-state index in [1.54, 1.807) is 5.06 Å². The number of hydrogen-bond acceptors (Lipinski definition) is 3. The Morgan fingerprint density at radius 3 is 2.90 bits per heavy atom. The first kappa shape index (κ1) is 7.54. The van der Waals surface area contributed by atoms with Crippen LogP contribution < -0.4 is 0 Å². The summed E-state index contributed by atoms with van der Waals surface area (Å²) in [6.45, 7) is 4.33. The second-order valence-corrected chi connectivity index (χ2v) is 2.71. The molecule has 2 atom stereocenters. The van der Waals surface area contributed by atoms with Crippen LogP contribution in [0.15, 0.2) is 4.99 Å². The van der Waals surface area contributed by atoms with E-state index in [0.29, 0.717) is 5.92 Å². The molecule has 2 unspecified atom stereocenters. The summed E-state index contributed by atoms with van der Waals surface area (Å²) < 4.78 is 0. The highest BCUT2D eigenvalue weighted by molar-refractivity contribution is 5.47. The molecule has 3 heteroatoms. The number of nitrogens with zero attached hydrogens (tertiary/aromatic N) is 2. The third-order valence-corrected chi connectivity index (χ3v) is 1.95. The van der Waals surface area contributed by atoms with Crippen LogP contribution in [-0.4, -0.2) is 24.7 Å². The molecule has 3 nitrogen and oxygen atoms in total. The van der Waals surface area contributed by atoms with Gasteiger partial charge in [0.15, 0.2) is 6.40 Å². The van der Waals surface area contributed by atoms with Crippen LogP contribution in [0.1, 0.15) is 20.3 Å². The lowest BCUT2D eigenvalue weighted by molar-refractivity contribution is -0.0668. The van der Waals surface area contributed by atoms with Gasteiger partial charge in [-0.15, -0.1) is 5.06 Å². The molecule has 1 rings (SSSR count). The lowest BCUT2D eigenvalue weighted by Crippen LogP contribution is -2.29. The predicted octanol–water partition coefficient (Wildman–Crippen LogP) is 1.26. The van der Waals surface area contributed by atoms with Crippen LogP contribution in [0.2, 0.25) is 0 Å². The molecule has 0 N–H and O–H groups in total. The van der Waals surface area contributed by atoms with E-state index in [0.717, 1.165) is 6.42 Å². The largest absolute Gasteiger partial charge is 0.392 e. The Morgan fingerprint density at radius 1 is 1.80 bits per heavy atom. The Bertz CT molecular complexity index is 136. The first-order chi connectivity index (χ1) is 4.75. The Morgan fingerprint density at radius 2 is 2.50 bits per heavy atom. The maximum absolute atomic E-state index is 5.03. The zero-order valence-electron chi connectivity index (χ0n) is 6.74. The summed E-state index contributed by atoms with van der Waals surface area (Å²) in [6, 6.07) is 0. The first-order valence-electron chi connectivity index (χ1n) is 3.67. The van der Waals surface area contributed by atoms with E-state index in [-0.39, 0.29) is 6.17 Å². The number of aliphatic imine (C=N–C) groups is 1. The van der Waals surface area contributed by atoms with E-state index < -0.39 is 0 Å². The van der Waals surface area contributed by atoms with E-state index in [4.69, 9.17) is 4.84 Å². The van der Waals surface area contributed by atoms with E-state index in [1.165, 1.54) is 6.40 Å². The Labute approximate surface area is 61.6 Å². The van der Waals surface area contributed by atoms with Crippen molar-refractivity contribution in [2.45, 2.75) is 26.4 Å². The molecular weight excluding hydrogens is 128 g/mol. The third-order valence-electron chi connectivity index (χ3n) is 1.95. The van der Waals surface area contributed by atoms with Crippen LogP contribution in [0.4, 0.5) is 0 Å². The van der Waals surface area contributed by atoms with Gasteiger partial charge in [-0.25, -0.2) is 4.99 Å². The fraction of sp³-hybridized carbons (Fsp3) is 0.857. The molecule has 0 bridgehead atoms. The highest BCUT2D eigenvalue weighted by atomic mass is 16.7. The average molecular weight is 142 g/mol. The number of rotatable bonds is 2. The van der Waals surface area contributed by atoms with Crippen molar-refractivity contribution in [2.75, 3.05) is 7.05 Å². The molecule has 1 aliphatic heterocycles. The minimum Gasteiger partial charge on any atom is -0.392 e. The van der Waals surface area contributed by atoms with Crippen molar-refractivity contribution in [3.05, 3.63) is 0 Å². The van der Waals surface area contributed by atoms with Crippen LogP contribution in [0.25, 0.3) is 0 Å². The van der Waals surface area contributed by atoms with Crippen LogP contribution in [-0.2, 0) is 4.84 Å². The molecule has 10 heavy (non-hydrogen) atoms. The lowest BCUT2D eigenvalue weighted by Gasteiger charge is -2.20. The maximum atomic E-state index is 5.03. The second-order valence-electron chi connectivity index (χ2n) is 2.71. The van der Waals surface area contributed by atoms with Crippen molar-refractivity contribution in [3.63, 3.8) is 0 Å². The van der Waals surface area contributed by atoms with Crippen LogP contribution in [0.3, 0.4) is 0 Å². The molecule has 0 aromatic carbocycles. The van der Waals surface area contributed by atoms with Gasteiger partial charge < -0.3 is 4.84 Å². The van der Waals surface area contributed by atoms with E-state index >= 15 is 0 Å². The summed E-state index contributed by atoms with van der Waals surface area (Å²) in [6.07, 6.45) is 2.87. The zero-order chi connectivity index (χ0) is 7.56. The van der Waals surface area contributed by atoms with Gasteiger partial charge in [0.25, 0.3) is 0 Å². The number of hydroxylamine groups is 2. The minimum absolute atomic E-state index is 0.227. The molecule has 0 saturated carbocycles. The molecule has 0 radical (unpaired) electrons. The third kappa shape index (κ3) is 1.29. The van der Waals surface area contributed by atoms with Crippen molar-refractivity contribution >= 4 is 6.40 Å². The van der Waals surface area contributed by atoms with E-state index in [9.17, 15) is 0 Å². The van der Waals surface area contributed by atoms with Gasteiger partial charge >= 0.3 is 0 Å². The van der Waals surface area contributed by atoms with E-state index in [2.05, 4.69) is 18.8 Å². The highest BCUT2D eigenvalue weighted by Gasteiger charge is 2.23. The van der Waals surface area contributed by atoms with Crippen molar-refractivity contribution in [1.29, 1.82) is 0 Å². The monoisotopic (exact) mass is 142 g/mol. The normalized spacial score (nSPS) is 28.5.